The number of carbonyl (C=O) groups is 2. The highest BCUT2D eigenvalue weighted by atomic mass is 32.2. The number of alkyl carbamates (subject to hydrolysis) is 1. The molecular formula is C28H29N3O8S. The van der Waals surface area contributed by atoms with Crippen molar-refractivity contribution in [2.45, 2.75) is 36.1 Å². The number of hydrogen-bond acceptors (Lipinski definition) is 7. The molecule has 11 nitrogen and oxygen atoms in total. The number of carboxylic acid groups (broad SMARTS) is 1. The van der Waals surface area contributed by atoms with Crippen molar-refractivity contribution in [1.29, 1.82) is 0 Å². The Balaban J connectivity index is 1.29. The van der Waals surface area contributed by atoms with Crippen LogP contribution in [0.1, 0.15) is 36.3 Å². The number of hydrogen-bond donors (Lipinski definition) is 2. The number of nitrogens with zero attached hydrogens (tertiary/aromatic N) is 2. The number of carboxylic acids is 1. The normalized spacial score (nSPS) is 13.3. The van der Waals surface area contributed by atoms with E-state index in [0.29, 0.717) is 0 Å². The molecule has 0 radical (unpaired) electrons. The van der Waals surface area contributed by atoms with Gasteiger partial charge in [-0.1, -0.05) is 60.7 Å². The topological polar surface area (TPSA) is 156 Å². The molecule has 0 aliphatic heterocycles. The number of unbranched alkanes of at least 4 members (excludes halogenated alkanes) is 1. The number of fused-ring (bicyclic) bond motifs is 3. The van der Waals surface area contributed by atoms with Crippen LogP contribution in [0.25, 0.3) is 11.1 Å². The number of ether oxygens (including phenoxy) is 1. The molecule has 0 fully saturated rings. The lowest BCUT2D eigenvalue weighted by molar-refractivity contribution is -0.387. The summed E-state index contributed by atoms with van der Waals surface area (Å²) in [5.41, 5.74) is 3.69. The maximum atomic E-state index is 12.8. The van der Waals surface area contributed by atoms with Crippen LogP contribution in [0.4, 0.5) is 10.5 Å². The molecule has 0 saturated heterocycles. The maximum Gasteiger partial charge on any atom is 0.407 e. The first kappa shape index (κ1) is 28.7. The quantitative estimate of drug-likeness (QED) is 0.186. The fourth-order valence-electron chi connectivity index (χ4n) is 4.84. The fourth-order valence-corrected chi connectivity index (χ4v) is 6.20. The molecule has 40 heavy (non-hydrogen) atoms. The Bertz CT molecular complexity index is 1480. The molecule has 0 aromatic heterocycles. The third-order valence-corrected chi connectivity index (χ3v) is 8.80. The second-order valence-electron chi connectivity index (χ2n) is 9.41. The van der Waals surface area contributed by atoms with Gasteiger partial charge in [-0.25, -0.2) is 22.3 Å². The molecule has 0 spiro atoms. The second-order valence-corrected chi connectivity index (χ2v) is 11.4. The van der Waals surface area contributed by atoms with E-state index in [0.717, 1.165) is 32.6 Å². The fraction of sp³-hybridized carbons (Fsp3) is 0.286. The van der Waals surface area contributed by atoms with Gasteiger partial charge in [0.05, 0.1) is 4.92 Å². The lowest BCUT2D eigenvalue weighted by Gasteiger charge is -2.19. The van der Waals surface area contributed by atoms with E-state index >= 15 is 0 Å². The lowest BCUT2D eigenvalue weighted by Crippen LogP contribution is -2.41. The first-order valence-electron chi connectivity index (χ1n) is 12.7. The van der Waals surface area contributed by atoms with Gasteiger partial charge in [0.1, 0.15) is 12.6 Å². The number of amides is 1. The number of sulfonamides is 1. The van der Waals surface area contributed by atoms with Crippen LogP contribution >= 0.6 is 0 Å². The highest BCUT2D eigenvalue weighted by Crippen LogP contribution is 2.44. The van der Waals surface area contributed by atoms with Crippen molar-refractivity contribution in [1.82, 2.24) is 9.62 Å². The zero-order valence-electron chi connectivity index (χ0n) is 21.7. The van der Waals surface area contributed by atoms with Gasteiger partial charge in [0.2, 0.25) is 10.0 Å². The number of para-hydroxylation sites is 1. The number of nitrogens with one attached hydrogen (secondary N) is 1. The molecule has 3 aromatic carbocycles. The zero-order chi connectivity index (χ0) is 28.9. The highest BCUT2D eigenvalue weighted by Gasteiger charge is 2.31. The molecular weight excluding hydrogens is 538 g/mol. The minimum absolute atomic E-state index is 0.00562. The molecule has 2 N–H and O–H groups in total. The van der Waals surface area contributed by atoms with E-state index in [1.165, 1.54) is 25.2 Å². The predicted molar refractivity (Wildman–Crippen MR) is 146 cm³/mol. The van der Waals surface area contributed by atoms with Crippen molar-refractivity contribution in [3.8, 4) is 11.1 Å². The van der Waals surface area contributed by atoms with Gasteiger partial charge in [-0.2, -0.15) is 0 Å². The molecule has 3 aromatic rings. The standard InChI is InChI=1S/C28H29N3O8S/c1-30(40(37,38)26-16-7-6-15-25(26)31(35)36)17-9-8-14-24(27(32)33)29-28(34)39-18-23-21-12-4-2-10-19(21)20-11-3-5-13-22(20)23/h2-7,10-13,15-16,23-24H,8-9,14,17-18H2,1H3,(H,29,34)(H,32,33)/t24-/m0/s1. The summed E-state index contributed by atoms with van der Waals surface area (Å²) in [7, 11) is -2.82. The van der Waals surface area contributed by atoms with E-state index in [4.69, 9.17) is 4.74 Å². The molecule has 1 amide bonds. The predicted octanol–water partition coefficient (Wildman–Crippen LogP) is 4.38. The van der Waals surface area contributed by atoms with Crippen LogP contribution in [-0.4, -0.2) is 61.1 Å². The van der Waals surface area contributed by atoms with Crippen molar-refractivity contribution < 1.29 is 32.8 Å². The summed E-state index contributed by atoms with van der Waals surface area (Å²) in [6.07, 6.45) is -0.270. The SMILES string of the molecule is CN(CCCC[C@H](NC(=O)OCC1c2ccccc2-c2ccccc21)C(=O)O)S(=O)(=O)c1ccccc1[N+](=O)[O-]. The van der Waals surface area contributed by atoms with Crippen molar-refractivity contribution in [2.24, 2.45) is 0 Å². The van der Waals surface area contributed by atoms with E-state index in [2.05, 4.69) is 5.32 Å². The van der Waals surface area contributed by atoms with Crippen LogP contribution in [0.15, 0.2) is 77.7 Å². The molecule has 210 valence electrons. The Morgan fingerprint density at radius 1 is 1.00 bits per heavy atom. The molecule has 4 rings (SSSR count). The molecule has 1 aliphatic carbocycles. The van der Waals surface area contributed by atoms with Crippen LogP contribution < -0.4 is 5.32 Å². The number of aliphatic carboxylic acids is 1. The summed E-state index contributed by atoms with van der Waals surface area (Å²) in [5, 5.41) is 23.2. The van der Waals surface area contributed by atoms with Crippen molar-refractivity contribution in [3.05, 3.63) is 94.0 Å². The number of rotatable bonds is 12. The van der Waals surface area contributed by atoms with E-state index in [9.17, 15) is 33.2 Å². The lowest BCUT2D eigenvalue weighted by atomic mass is 9.98. The summed E-state index contributed by atoms with van der Waals surface area (Å²) >= 11 is 0. The summed E-state index contributed by atoms with van der Waals surface area (Å²) in [5.74, 6) is -1.41. The number of nitro groups is 1. The largest absolute Gasteiger partial charge is 0.480 e. The summed E-state index contributed by atoms with van der Waals surface area (Å²) in [6.45, 7) is 0.0478. The van der Waals surface area contributed by atoms with Gasteiger partial charge in [-0.15, -0.1) is 0 Å². The highest BCUT2D eigenvalue weighted by molar-refractivity contribution is 7.89. The number of nitro benzene ring substituents is 1. The molecule has 1 atom stereocenters. The summed E-state index contributed by atoms with van der Waals surface area (Å²) < 4.78 is 32.1. The Hall–Kier alpha value is -4.29. The summed E-state index contributed by atoms with van der Waals surface area (Å²) in [6, 6.07) is 19.6. The van der Waals surface area contributed by atoms with Crippen molar-refractivity contribution >= 4 is 27.8 Å². The third-order valence-electron chi connectivity index (χ3n) is 6.90. The van der Waals surface area contributed by atoms with Crippen LogP contribution in [0.2, 0.25) is 0 Å². The van der Waals surface area contributed by atoms with Crippen LogP contribution in [0.3, 0.4) is 0 Å². The average molecular weight is 568 g/mol. The van der Waals surface area contributed by atoms with Gasteiger partial charge < -0.3 is 15.2 Å². The minimum Gasteiger partial charge on any atom is -0.480 e. The van der Waals surface area contributed by atoms with Gasteiger partial charge >= 0.3 is 12.1 Å². The number of benzene rings is 3. The molecule has 0 bridgehead atoms. The summed E-state index contributed by atoms with van der Waals surface area (Å²) in [4.78, 5) is 34.3. The molecule has 0 unspecified atom stereocenters. The van der Waals surface area contributed by atoms with Gasteiger partial charge in [0.15, 0.2) is 4.90 Å². The third kappa shape index (κ3) is 6.13. The van der Waals surface area contributed by atoms with E-state index in [-0.39, 0.29) is 38.3 Å². The Kier molecular flexibility index (Phi) is 8.80. The average Bonchev–Trinajstić information content (AvgIpc) is 3.26. The van der Waals surface area contributed by atoms with Crippen molar-refractivity contribution in [2.75, 3.05) is 20.2 Å². The van der Waals surface area contributed by atoms with Crippen LogP contribution in [0, 0.1) is 10.1 Å². The second kappa shape index (κ2) is 12.3. The Morgan fingerprint density at radius 2 is 1.57 bits per heavy atom. The van der Waals surface area contributed by atoms with Crippen LogP contribution in [0.5, 0.6) is 0 Å². The van der Waals surface area contributed by atoms with Gasteiger partial charge in [-0.05, 0) is 47.6 Å². The van der Waals surface area contributed by atoms with Gasteiger partial charge in [-0.3, -0.25) is 10.1 Å². The smallest absolute Gasteiger partial charge is 0.407 e. The van der Waals surface area contributed by atoms with Gasteiger partial charge in [0, 0.05) is 25.6 Å². The zero-order valence-corrected chi connectivity index (χ0v) is 22.5. The first-order valence-corrected chi connectivity index (χ1v) is 14.1. The minimum atomic E-state index is -4.12. The van der Waals surface area contributed by atoms with Crippen LogP contribution in [-0.2, 0) is 19.6 Å². The van der Waals surface area contributed by atoms with E-state index in [1.54, 1.807) is 0 Å². The molecule has 1 aliphatic rings. The molecule has 12 heteroatoms. The van der Waals surface area contributed by atoms with E-state index in [1.807, 2.05) is 48.5 Å². The molecule has 0 heterocycles. The van der Waals surface area contributed by atoms with Gasteiger partial charge in [0.25, 0.3) is 5.69 Å². The Labute approximate surface area is 231 Å². The maximum absolute atomic E-state index is 12.8. The number of carbonyl (C=O) groups excluding carboxylic acids is 1. The first-order chi connectivity index (χ1) is 19.1. The van der Waals surface area contributed by atoms with Crippen molar-refractivity contribution in [3.63, 3.8) is 0 Å². The van der Waals surface area contributed by atoms with E-state index < -0.39 is 43.6 Å². The Morgan fingerprint density at radius 3 is 2.17 bits per heavy atom. The monoisotopic (exact) mass is 567 g/mol. The molecule has 0 saturated carbocycles.